The maximum atomic E-state index is 12.9. The van der Waals surface area contributed by atoms with Gasteiger partial charge in [-0.3, -0.25) is 4.79 Å². The van der Waals surface area contributed by atoms with E-state index in [1.165, 1.54) is 22.2 Å². The Morgan fingerprint density at radius 3 is 2.79 bits per heavy atom. The highest BCUT2D eigenvalue weighted by molar-refractivity contribution is 7.99. The normalized spacial score (nSPS) is 16.4. The molecule has 0 unspecified atom stereocenters. The Balaban J connectivity index is 1.31. The van der Waals surface area contributed by atoms with Gasteiger partial charge in [0.15, 0.2) is 11.0 Å². The lowest BCUT2D eigenvalue weighted by Crippen LogP contribution is -2.15. The van der Waals surface area contributed by atoms with Gasteiger partial charge in [0.1, 0.15) is 28.8 Å². The predicted molar refractivity (Wildman–Crippen MR) is 134 cm³/mol. The van der Waals surface area contributed by atoms with Gasteiger partial charge in [0.25, 0.3) is 5.56 Å². The van der Waals surface area contributed by atoms with Gasteiger partial charge in [0, 0.05) is 11.9 Å². The fourth-order valence-corrected chi connectivity index (χ4v) is 6.45. The molecule has 0 saturated heterocycles. The van der Waals surface area contributed by atoms with Crippen LogP contribution in [-0.4, -0.2) is 31.8 Å². The Labute approximate surface area is 205 Å². The number of methoxy groups -OCH3 is 1. The molecule has 34 heavy (non-hydrogen) atoms. The molecule has 10 heteroatoms. The molecule has 0 saturated carbocycles. The monoisotopic (exact) mass is 497 g/mol. The second-order valence-corrected chi connectivity index (χ2v) is 11.1. The van der Waals surface area contributed by atoms with Crippen LogP contribution in [0.15, 0.2) is 34.2 Å². The molecule has 2 atom stereocenters. The number of fused-ring (bicyclic) bond motifs is 3. The van der Waals surface area contributed by atoms with Crippen molar-refractivity contribution in [3.63, 3.8) is 0 Å². The summed E-state index contributed by atoms with van der Waals surface area (Å²) in [4.78, 5) is 23.0. The number of aromatic amines is 1. The Morgan fingerprint density at radius 1 is 1.26 bits per heavy atom. The summed E-state index contributed by atoms with van der Waals surface area (Å²) in [6.45, 7) is 4.59. The second-order valence-electron chi connectivity index (χ2n) is 8.67. The summed E-state index contributed by atoms with van der Waals surface area (Å²) in [6, 6.07) is 7.41. The van der Waals surface area contributed by atoms with Crippen molar-refractivity contribution >= 4 is 33.3 Å². The lowest BCUT2D eigenvalue weighted by molar-refractivity contribution is 0.290. The number of aryl methyl sites for hydroxylation is 1. The van der Waals surface area contributed by atoms with Crippen molar-refractivity contribution in [2.45, 2.75) is 50.1 Å². The number of benzene rings is 1. The molecule has 1 aliphatic carbocycles. The van der Waals surface area contributed by atoms with Gasteiger partial charge in [-0.05, 0) is 61.9 Å². The average molecular weight is 498 g/mol. The van der Waals surface area contributed by atoms with Gasteiger partial charge in [0.05, 0.1) is 17.7 Å². The summed E-state index contributed by atoms with van der Waals surface area (Å²) in [6.07, 6.45) is 3.13. The number of thioether (sulfide) groups is 1. The average Bonchev–Trinajstić information content (AvgIpc) is 3.37. The van der Waals surface area contributed by atoms with Gasteiger partial charge in [-0.2, -0.15) is 0 Å². The molecule has 3 aromatic heterocycles. The highest BCUT2D eigenvalue weighted by Gasteiger charge is 2.24. The smallest absolute Gasteiger partial charge is 0.259 e. The first kappa shape index (κ1) is 22.9. The van der Waals surface area contributed by atoms with Gasteiger partial charge in [-0.25, -0.2) is 4.98 Å². The SMILES string of the molecule is COc1ccc(OCc2nnc(S[C@@H](C)c3nc4sc5c(c4c(=O)[nH]3)CC[C@H](C)C5)n2C)cc1. The van der Waals surface area contributed by atoms with E-state index in [0.29, 0.717) is 24.2 Å². The van der Waals surface area contributed by atoms with Gasteiger partial charge in [-0.15, -0.1) is 21.5 Å². The van der Waals surface area contributed by atoms with E-state index in [9.17, 15) is 4.79 Å². The molecule has 5 rings (SSSR count). The van der Waals surface area contributed by atoms with Crippen molar-refractivity contribution in [1.82, 2.24) is 24.7 Å². The van der Waals surface area contributed by atoms with Crippen molar-refractivity contribution in [3.05, 3.63) is 56.7 Å². The van der Waals surface area contributed by atoms with E-state index in [2.05, 4.69) is 22.1 Å². The minimum absolute atomic E-state index is 0.0361. The van der Waals surface area contributed by atoms with E-state index in [-0.39, 0.29) is 10.8 Å². The molecular weight excluding hydrogens is 470 g/mol. The summed E-state index contributed by atoms with van der Waals surface area (Å²) in [5.74, 6) is 3.54. The zero-order chi connectivity index (χ0) is 23.8. The Morgan fingerprint density at radius 2 is 2.03 bits per heavy atom. The molecule has 4 aromatic rings. The maximum Gasteiger partial charge on any atom is 0.259 e. The van der Waals surface area contributed by atoms with Crippen molar-refractivity contribution in [2.24, 2.45) is 13.0 Å². The molecule has 0 bridgehead atoms. The van der Waals surface area contributed by atoms with Crippen LogP contribution < -0.4 is 15.0 Å². The molecule has 178 valence electrons. The Hall–Kier alpha value is -2.85. The first-order chi connectivity index (χ1) is 16.4. The van der Waals surface area contributed by atoms with Gasteiger partial charge >= 0.3 is 0 Å². The third-order valence-corrected chi connectivity index (χ3v) is 8.49. The number of H-pyrrole nitrogens is 1. The fraction of sp³-hybridized carbons (Fsp3) is 0.417. The standard InChI is InChI=1S/C24H27N5O3S2/c1-13-5-10-17-18(11-13)34-23-20(17)22(30)25-21(26-23)14(2)33-24-28-27-19(29(24)3)12-32-16-8-6-15(31-4)7-9-16/h6-9,13-14H,5,10-12H2,1-4H3,(H,25,26,30)/t13-,14-/m0/s1. The summed E-state index contributed by atoms with van der Waals surface area (Å²) < 4.78 is 12.9. The number of aromatic nitrogens is 5. The molecule has 0 fully saturated rings. The molecule has 8 nitrogen and oxygen atoms in total. The van der Waals surface area contributed by atoms with Gasteiger partial charge in [-0.1, -0.05) is 18.7 Å². The fourth-order valence-electron chi connectivity index (χ4n) is 4.17. The quantitative estimate of drug-likeness (QED) is 0.371. The predicted octanol–water partition coefficient (Wildman–Crippen LogP) is 4.68. The molecular formula is C24H27N5O3S2. The van der Waals surface area contributed by atoms with Crippen molar-refractivity contribution < 1.29 is 9.47 Å². The number of rotatable bonds is 7. The van der Waals surface area contributed by atoms with Crippen LogP contribution in [0.1, 0.15) is 47.6 Å². The number of nitrogens with zero attached hydrogens (tertiary/aromatic N) is 4. The van der Waals surface area contributed by atoms with Crippen molar-refractivity contribution in [1.29, 1.82) is 0 Å². The highest BCUT2D eigenvalue weighted by Crippen LogP contribution is 2.37. The van der Waals surface area contributed by atoms with Crippen LogP contribution in [0.5, 0.6) is 11.5 Å². The second kappa shape index (κ2) is 9.42. The van der Waals surface area contributed by atoms with Crippen molar-refractivity contribution in [3.8, 4) is 11.5 Å². The third kappa shape index (κ3) is 4.44. The lowest BCUT2D eigenvalue weighted by atomic mass is 9.89. The molecule has 1 aliphatic rings. The summed E-state index contributed by atoms with van der Waals surface area (Å²) >= 11 is 3.18. The number of hydrogen-bond donors (Lipinski definition) is 1. The molecule has 0 aliphatic heterocycles. The van der Waals surface area contributed by atoms with E-state index in [0.717, 1.165) is 46.1 Å². The molecule has 0 radical (unpaired) electrons. The van der Waals surface area contributed by atoms with Crippen LogP contribution in [0.3, 0.4) is 0 Å². The van der Waals surface area contributed by atoms with Gasteiger partial charge < -0.3 is 19.0 Å². The molecule has 0 spiro atoms. The van der Waals surface area contributed by atoms with E-state index in [4.69, 9.17) is 14.5 Å². The minimum Gasteiger partial charge on any atom is -0.497 e. The first-order valence-electron chi connectivity index (χ1n) is 11.3. The minimum atomic E-state index is -0.0894. The van der Waals surface area contributed by atoms with Gasteiger partial charge in [0.2, 0.25) is 0 Å². The van der Waals surface area contributed by atoms with E-state index < -0.39 is 0 Å². The molecule has 1 N–H and O–H groups in total. The summed E-state index contributed by atoms with van der Waals surface area (Å²) in [5.41, 5.74) is 1.17. The summed E-state index contributed by atoms with van der Waals surface area (Å²) in [7, 11) is 3.54. The van der Waals surface area contributed by atoms with Crippen LogP contribution in [0.2, 0.25) is 0 Å². The number of nitrogens with one attached hydrogen (secondary N) is 1. The van der Waals surface area contributed by atoms with Crippen LogP contribution >= 0.6 is 23.1 Å². The van der Waals surface area contributed by atoms with E-state index in [1.54, 1.807) is 18.4 Å². The van der Waals surface area contributed by atoms with E-state index >= 15 is 0 Å². The third-order valence-electron chi connectivity index (χ3n) is 6.20. The lowest BCUT2D eigenvalue weighted by Gasteiger charge is -2.17. The van der Waals surface area contributed by atoms with Crippen molar-refractivity contribution in [2.75, 3.05) is 7.11 Å². The zero-order valence-electron chi connectivity index (χ0n) is 19.6. The number of hydrogen-bond acceptors (Lipinski definition) is 8. The van der Waals surface area contributed by atoms with Crippen LogP contribution in [0.4, 0.5) is 0 Å². The maximum absolute atomic E-state index is 12.9. The zero-order valence-corrected chi connectivity index (χ0v) is 21.3. The van der Waals surface area contributed by atoms with E-state index in [1.807, 2.05) is 42.8 Å². The van der Waals surface area contributed by atoms with Crippen LogP contribution in [0, 0.1) is 5.92 Å². The van der Waals surface area contributed by atoms with Crippen LogP contribution in [-0.2, 0) is 26.5 Å². The topological polar surface area (TPSA) is 94.9 Å². The number of ether oxygens (including phenoxy) is 2. The summed E-state index contributed by atoms with van der Waals surface area (Å²) in [5, 5.41) is 10.0. The Bertz CT molecular complexity index is 1380. The largest absolute Gasteiger partial charge is 0.497 e. The Kier molecular flexibility index (Phi) is 6.35. The molecule has 1 aromatic carbocycles. The molecule has 0 amide bonds. The highest BCUT2D eigenvalue weighted by atomic mass is 32.2. The van der Waals surface area contributed by atoms with Crippen LogP contribution in [0.25, 0.3) is 10.2 Å². The molecule has 3 heterocycles. The number of thiophene rings is 1. The first-order valence-corrected chi connectivity index (χ1v) is 13.0.